The third kappa shape index (κ3) is 3.39. The lowest BCUT2D eigenvalue weighted by atomic mass is 9.97. The summed E-state index contributed by atoms with van der Waals surface area (Å²) in [6.45, 7) is 3.80. The quantitative estimate of drug-likeness (QED) is 0.927. The van der Waals surface area contributed by atoms with Gasteiger partial charge in [0.25, 0.3) is 0 Å². The minimum atomic E-state index is -0.901. The second kappa shape index (κ2) is 6.22. The molecule has 0 saturated heterocycles. The molecule has 0 amide bonds. The largest absolute Gasteiger partial charge is 0.496 e. The molecule has 2 aromatic carbocycles. The molecule has 0 heterocycles. The van der Waals surface area contributed by atoms with Gasteiger partial charge in [-0.15, -0.1) is 0 Å². The average Bonchev–Trinajstić information content (AvgIpc) is 2.42. The summed E-state index contributed by atoms with van der Waals surface area (Å²) in [5.41, 5.74) is 3.14. The third-order valence-corrected chi connectivity index (χ3v) is 3.48. The Balaban J connectivity index is 2.24. The van der Waals surface area contributed by atoms with Crippen molar-refractivity contribution in [2.24, 2.45) is 0 Å². The van der Waals surface area contributed by atoms with Crippen LogP contribution in [0.1, 0.15) is 28.4 Å². The fourth-order valence-electron chi connectivity index (χ4n) is 2.51. The van der Waals surface area contributed by atoms with E-state index in [-0.39, 0.29) is 6.42 Å². The topological polar surface area (TPSA) is 29.5 Å². The van der Waals surface area contributed by atoms with E-state index in [4.69, 9.17) is 4.74 Å². The number of aliphatic hydroxyl groups excluding tert-OH is 1. The van der Waals surface area contributed by atoms with Crippen molar-refractivity contribution in [1.29, 1.82) is 0 Å². The minimum Gasteiger partial charge on any atom is -0.496 e. The summed E-state index contributed by atoms with van der Waals surface area (Å²) in [6.07, 6.45) is -0.555. The summed E-state index contributed by atoms with van der Waals surface area (Å²) in [5, 5.41) is 10.3. The summed E-state index contributed by atoms with van der Waals surface area (Å²) in [6, 6.07) is 7.35. The van der Waals surface area contributed by atoms with Gasteiger partial charge in [0, 0.05) is 6.42 Å². The third-order valence-electron chi connectivity index (χ3n) is 3.48. The summed E-state index contributed by atoms with van der Waals surface area (Å²) >= 11 is 0. The Morgan fingerprint density at radius 2 is 1.67 bits per heavy atom. The van der Waals surface area contributed by atoms with E-state index in [0.717, 1.165) is 34.6 Å². The van der Waals surface area contributed by atoms with E-state index in [9.17, 15) is 13.9 Å². The molecule has 0 bridgehead atoms. The van der Waals surface area contributed by atoms with Crippen LogP contribution in [0.15, 0.2) is 30.3 Å². The van der Waals surface area contributed by atoms with Crippen molar-refractivity contribution >= 4 is 0 Å². The lowest BCUT2D eigenvalue weighted by Gasteiger charge is -2.16. The summed E-state index contributed by atoms with van der Waals surface area (Å²) < 4.78 is 31.4. The first kappa shape index (κ1) is 15.4. The highest BCUT2D eigenvalue weighted by Gasteiger charge is 2.14. The second-order valence-corrected chi connectivity index (χ2v) is 5.16. The standard InChI is InChI=1S/C17H18F2O2/c1-10-6-13(7-11(2)17(10)21-3)16(20)9-12-4-5-14(18)15(19)8-12/h4-8,16,20H,9H2,1-3H3. The highest BCUT2D eigenvalue weighted by Crippen LogP contribution is 2.28. The molecule has 0 aliphatic rings. The van der Waals surface area contributed by atoms with E-state index < -0.39 is 17.7 Å². The van der Waals surface area contributed by atoms with Gasteiger partial charge in [-0.2, -0.15) is 0 Å². The van der Waals surface area contributed by atoms with Gasteiger partial charge < -0.3 is 9.84 Å². The van der Waals surface area contributed by atoms with E-state index >= 15 is 0 Å². The molecule has 0 aromatic heterocycles. The number of aliphatic hydroxyl groups is 1. The van der Waals surface area contributed by atoms with Gasteiger partial charge in [0.15, 0.2) is 11.6 Å². The first-order valence-corrected chi connectivity index (χ1v) is 6.69. The lowest BCUT2D eigenvalue weighted by molar-refractivity contribution is 0.178. The SMILES string of the molecule is COc1c(C)cc(C(O)Cc2ccc(F)c(F)c2)cc1C. The van der Waals surface area contributed by atoms with Crippen LogP contribution >= 0.6 is 0 Å². The van der Waals surface area contributed by atoms with E-state index in [1.165, 1.54) is 6.07 Å². The molecular weight excluding hydrogens is 274 g/mol. The van der Waals surface area contributed by atoms with Crippen LogP contribution in [0.2, 0.25) is 0 Å². The Hall–Kier alpha value is -1.94. The number of methoxy groups -OCH3 is 1. The Kier molecular flexibility index (Phi) is 4.58. The van der Waals surface area contributed by atoms with Crippen LogP contribution in [0.4, 0.5) is 8.78 Å². The van der Waals surface area contributed by atoms with Crippen molar-refractivity contribution in [3.05, 3.63) is 64.2 Å². The van der Waals surface area contributed by atoms with E-state index in [2.05, 4.69) is 0 Å². The van der Waals surface area contributed by atoms with Crippen molar-refractivity contribution in [3.8, 4) is 5.75 Å². The molecule has 0 fully saturated rings. The molecule has 4 heteroatoms. The summed E-state index contributed by atoms with van der Waals surface area (Å²) in [4.78, 5) is 0. The van der Waals surface area contributed by atoms with Crippen LogP contribution in [-0.4, -0.2) is 12.2 Å². The van der Waals surface area contributed by atoms with Crippen molar-refractivity contribution in [2.45, 2.75) is 26.4 Å². The Labute approximate surface area is 123 Å². The second-order valence-electron chi connectivity index (χ2n) is 5.16. The van der Waals surface area contributed by atoms with Gasteiger partial charge in [0.2, 0.25) is 0 Å². The number of rotatable bonds is 4. The van der Waals surface area contributed by atoms with E-state index in [0.29, 0.717) is 5.56 Å². The zero-order chi connectivity index (χ0) is 15.6. The number of hydrogen-bond acceptors (Lipinski definition) is 2. The van der Waals surface area contributed by atoms with Gasteiger partial charge >= 0.3 is 0 Å². The molecule has 21 heavy (non-hydrogen) atoms. The zero-order valence-corrected chi connectivity index (χ0v) is 12.3. The van der Waals surface area contributed by atoms with Gasteiger partial charge in [0.1, 0.15) is 5.75 Å². The highest BCUT2D eigenvalue weighted by atomic mass is 19.2. The number of hydrogen-bond donors (Lipinski definition) is 1. The van der Waals surface area contributed by atoms with E-state index in [1.807, 2.05) is 26.0 Å². The van der Waals surface area contributed by atoms with E-state index in [1.54, 1.807) is 7.11 Å². The summed E-state index contributed by atoms with van der Waals surface area (Å²) in [5.74, 6) is -0.995. The predicted octanol–water partition coefficient (Wildman–Crippen LogP) is 3.87. The molecular formula is C17H18F2O2. The monoisotopic (exact) mass is 292 g/mol. The maximum atomic E-state index is 13.2. The van der Waals surface area contributed by atoms with Crippen molar-refractivity contribution in [1.82, 2.24) is 0 Å². The van der Waals surface area contributed by atoms with Gasteiger partial charge in [-0.3, -0.25) is 0 Å². The molecule has 112 valence electrons. The molecule has 1 unspecified atom stereocenters. The molecule has 0 aliphatic carbocycles. The van der Waals surface area contributed by atoms with Crippen LogP contribution < -0.4 is 4.74 Å². The highest BCUT2D eigenvalue weighted by molar-refractivity contribution is 5.44. The molecule has 0 aliphatic heterocycles. The van der Waals surface area contributed by atoms with Crippen LogP contribution in [0.3, 0.4) is 0 Å². The van der Waals surface area contributed by atoms with Crippen LogP contribution in [0.5, 0.6) is 5.75 Å². The van der Waals surface area contributed by atoms with Gasteiger partial charge in [-0.25, -0.2) is 8.78 Å². The number of halogens is 2. The molecule has 1 N–H and O–H groups in total. The first-order valence-electron chi connectivity index (χ1n) is 6.69. The maximum Gasteiger partial charge on any atom is 0.159 e. The maximum absolute atomic E-state index is 13.2. The average molecular weight is 292 g/mol. The fraction of sp³-hybridized carbons (Fsp3) is 0.294. The first-order chi connectivity index (χ1) is 9.92. The van der Waals surface area contributed by atoms with Crippen LogP contribution in [0.25, 0.3) is 0 Å². The Morgan fingerprint density at radius 1 is 1.05 bits per heavy atom. The molecule has 0 spiro atoms. The van der Waals surface area contributed by atoms with Crippen molar-refractivity contribution in [2.75, 3.05) is 7.11 Å². The molecule has 2 aromatic rings. The zero-order valence-electron chi connectivity index (χ0n) is 12.3. The lowest BCUT2D eigenvalue weighted by Crippen LogP contribution is -2.04. The summed E-state index contributed by atoms with van der Waals surface area (Å²) in [7, 11) is 1.60. The Bertz CT molecular complexity index is 630. The number of aryl methyl sites for hydroxylation is 2. The fourth-order valence-corrected chi connectivity index (χ4v) is 2.51. The predicted molar refractivity (Wildman–Crippen MR) is 77.5 cm³/mol. The normalized spacial score (nSPS) is 12.3. The molecule has 1 atom stereocenters. The smallest absolute Gasteiger partial charge is 0.159 e. The number of benzene rings is 2. The van der Waals surface area contributed by atoms with Gasteiger partial charge in [-0.1, -0.05) is 6.07 Å². The van der Waals surface area contributed by atoms with Gasteiger partial charge in [-0.05, 0) is 60.4 Å². The molecule has 0 radical (unpaired) electrons. The number of ether oxygens (including phenoxy) is 1. The van der Waals surface area contributed by atoms with Crippen LogP contribution in [0, 0.1) is 25.5 Å². The minimum absolute atomic E-state index is 0.225. The van der Waals surface area contributed by atoms with Crippen molar-refractivity contribution < 1.29 is 18.6 Å². The van der Waals surface area contributed by atoms with Crippen molar-refractivity contribution in [3.63, 3.8) is 0 Å². The molecule has 2 rings (SSSR count). The molecule has 2 nitrogen and oxygen atoms in total. The Morgan fingerprint density at radius 3 is 2.19 bits per heavy atom. The van der Waals surface area contributed by atoms with Gasteiger partial charge in [0.05, 0.1) is 13.2 Å². The molecule has 0 saturated carbocycles. The van der Waals surface area contributed by atoms with Crippen LogP contribution in [-0.2, 0) is 6.42 Å².